The van der Waals surface area contributed by atoms with E-state index < -0.39 is 7.54 Å². The molecule has 25 heavy (non-hydrogen) atoms. The molecule has 1 atom stereocenters. The van der Waals surface area contributed by atoms with Gasteiger partial charge >= 0.3 is 7.54 Å². The van der Waals surface area contributed by atoms with E-state index in [-0.39, 0.29) is 18.0 Å². The van der Waals surface area contributed by atoms with Gasteiger partial charge in [-0.3, -0.25) is 12.9 Å². The molecule has 0 saturated carbocycles. The van der Waals surface area contributed by atoms with Gasteiger partial charge in [0.1, 0.15) is 0 Å². The summed E-state index contributed by atoms with van der Waals surface area (Å²) in [5, 5.41) is 2.90. The fraction of sp³-hybridized carbons (Fsp3) is 0.333. The van der Waals surface area contributed by atoms with Gasteiger partial charge in [0.15, 0.2) is 0 Å². The maximum atomic E-state index is 9.67. The zero-order valence-corrected chi connectivity index (χ0v) is 15.7. The second-order valence-corrected chi connectivity index (χ2v) is 8.85. The highest BCUT2D eigenvalue weighted by Crippen LogP contribution is 2.36. The Labute approximate surface area is 149 Å². The van der Waals surface area contributed by atoms with Gasteiger partial charge in [-0.05, 0) is 18.5 Å². The number of halogens is 4. The first-order chi connectivity index (χ1) is 11.2. The topological polar surface area (TPSA) is 27.6 Å². The minimum absolute atomic E-state index is 0. The molecule has 138 valence electrons. The van der Waals surface area contributed by atoms with Crippen molar-refractivity contribution in [1.82, 2.24) is 0 Å². The molecule has 2 rings (SSSR count). The Bertz CT molecular complexity index is 536. The van der Waals surface area contributed by atoms with Crippen LogP contribution in [0.4, 0.5) is 12.9 Å². The van der Waals surface area contributed by atoms with Gasteiger partial charge in [-0.15, -0.1) is 0 Å². The lowest BCUT2D eigenvalue weighted by Crippen LogP contribution is -3.00. The van der Waals surface area contributed by atoms with Gasteiger partial charge in [0.05, 0.1) is 6.04 Å². The Hall–Kier alpha value is -1.39. The van der Waals surface area contributed by atoms with Crippen LogP contribution in [-0.2, 0) is 0 Å². The minimum Gasteiger partial charge on any atom is -1.00 e. The molecule has 0 aliphatic rings. The van der Waals surface area contributed by atoms with E-state index in [1.54, 1.807) is 0 Å². The molecule has 2 aromatic rings. The SMILES string of the molecule is CC(C)(C)[C@@H]([NH3+])CP(c1ccccc1)c1ccccc1.FB(F)F.[F-]. The van der Waals surface area contributed by atoms with Crippen LogP contribution in [0.3, 0.4) is 0 Å². The van der Waals surface area contributed by atoms with Crippen molar-refractivity contribution in [2.45, 2.75) is 26.8 Å². The van der Waals surface area contributed by atoms with Gasteiger partial charge in [0.2, 0.25) is 0 Å². The Morgan fingerprint density at radius 3 is 1.48 bits per heavy atom. The van der Waals surface area contributed by atoms with Crippen molar-refractivity contribution in [3.05, 3.63) is 60.7 Å². The summed E-state index contributed by atoms with van der Waals surface area (Å²) in [6.07, 6.45) is 1.15. The van der Waals surface area contributed by atoms with E-state index >= 15 is 0 Å². The molecule has 1 nitrogen and oxygen atoms in total. The number of hydrogen-bond donors (Lipinski definition) is 1. The second kappa shape index (κ2) is 11.3. The van der Waals surface area contributed by atoms with Crippen LogP contribution >= 0.6 is 7.92 Å². The smallest absolute Gasteiger partial charge is 0.762 e. The predicted molar refractivity (Wildman–Crippen MR) is 99.1 cm³/mol. The molecule has 0 saturated heterocycles. The Kier molecular flexibility index (Phi) is 10.6. The van der Waals surface area contributed by atoms with Crippen LogP contribution in [0.1, 0.15) is 20.8 Å². The molecule has 0 spiro atoms. The predicted octanol–water partition coefficient (Wildman–Crippen LogP) is 0.660. The third kappa shape index (κ3) is 9.03. The summed E-state index contributed by atoms with van der Waals surface area (Å²) in [6, 6.07) is 22.2. The molecule has 7 heteroatoms. The summed E-state index contributed by atoms with van der Waals surface area (Å²) in [7, 11) is -3.98. The van der Waals surface area contributed by atoms with Crippen LogP contribution in [0.5, 0.6) is 0 Å². The number of benzene rings is 2. The van der Waals surface area contributed by atoms with E-state index in [4.69, 9.17) is 0 Å². The van der Waals surface area contributed by atoms with Crippen LogP contribution in [0.15, 0.2) is 60.7 Å². The quantitative estimate of drug-likeness (QED) is 0.464. The molecule has 0 aliphatic carbocycles. The molecular formula is C18H25BF4NP. The molecule has 0 aromatic heterocycles. The molecule has 0 unspecified atom stereocenters. The van der Waals surface area contributed by atoms with Crippen molar-refractivity contribution in [3.8, 4) is 0 Å². The fourth-order valence-corrected chi connectivity index (χ4v) is 4.84. The summed E-state index contributed by atoms with van der Waals surface area (Å²) in [5.41, 5.74) is 4.67. The minimum atomic E-state index is -3.67. The standard InChI is InChI=1S/C18H24NP.BF3.FH/c1-18(2,3)17(19)14-20(15-10-6-4-7-11-15)16-12-8-5-9-13-16;2-1(3)4;/h4-13,17H,14,19H2,1-3H3;;1H/t17-;;/m0../s1. The van der Waals surface area contributed by atoms with Crippen molar-refractivity contribution in [1.29, 1.82) is 0 Å². The Balaban J connectivity index is 0.00000104. The van der Waals surface area contributed by atoms with Crippen LogP contribution in [0, 0.1) is 5.41 Å². The van der Waals surface area contributed by atoms with Gasteiger partial charge in [0, 0.05) is 11.6 Å². The lowest BCUT2D eigenvalue weighted by molar-refractivity contribution is -0.435. The summed E-state index contributed by atoms with van der Waals surface area (Å²) < 4.78 is 29.0. The van der Waals surface area contributed by atoms with Crippen LogP contribution in [-0.4, -0.2) is 19.7 Å². The van der Waals surface area contributed by atoms with Crippen LogP contribution in [0.2, 0.25) is 0 Å². The second-order valence-electron chi connectivity index (χ2n) is 6.59. The molecular weight excluding hydrogens is 348 g/mol. The summed E-state index contributed by atoms with van der Waals surface area (Å²) >= 11 is 0. The van der Waals surface area contributed by atoms with Crippen molar-refractivity contribution in [2.75, 3.05) is 6.16 Å². The Morgan fingerprint density at radius 1 is 0.880 bits per heavy atom. The Morgan fingerprint density at radius 2 is 1.20 bits per heavy atom. The van der Waals surface area contributed by atoms with Gasteiger partial charge in [-0.2, -0.15) is 0 Å². The van der Waals surface area contributed by atoms with Gasteiger partial charge in [-0.25, -0.2) is 0 Å². The summed E-state index contributed by atoms with van der Waals surface area (Å²) in [6.45, 7) is 6.86. The monoisotopic (exact) mass is 373 g/mol. The van der Waals surface area contributed by atoms with Crippen LogP contribution in [0.25, 0.3) is 0 Å². The van der Waals surface area contributed by atoms with E-state index in [1.807, 2.05) is 0 Å². The first kappa shape index (κ1) is 23.6. The molecule has 0 amide bonds. The molecule has 0 aliphatic heterocycles. The normalized spacial score (nSPS) is 11.8. The van der Waals surface area contributed by atoms with Gasteiger partial charge in [0.25, 0.3) is 0 Å². The highest BCUT2D eigenvalue weighted by molar-refractivity contribution is 7.73. The van der Waals surface area contributed by atoms with Crippen molar-refractivity contribution in [2.24, 2.45) is 5.41 Å². The van der Waals surface area contributed by atoms with E-state index in [0.29, 0.717) is 6.04 Å². The number of quaternary nitrogens is 1. The molecule has 0 radical (unpaired) electrons. The average Bonchev–Trinajstić information content (AvgIpc) is 2.52. The van der Waals surface area contributed by atoms with E-state index in [9.17, 15) is 12.9 Å². The lowest BCUT2D eigenvalue weighted by atomic mass is 9.89. The van der Waals surface area contributed by atoms with Crippen molar-refractivity contribution in [3.63, 3.8) is 0 Å². The molecule has 0 fully saturated rings. The van der Waals surface area contributed by atoms with Crippen molar-refractivity contribution < 1.29 is 23.4 Å². The maximum Gasteiger partial charge on any atom is 0.762 e. The number of hydrogen-bond acceptors (Lipinski definition) is 0. The highest BCUT2D eigenvalue weighted by Gasteiger charge is 2.28. The maximum absolute atomic E-state index is 9.67. The zero-order valence-electron chi connectivity index (χ0n) is 14.8. The van der Waals surface area contributed by atoms with E-state index in [0.717, 1.165) is 6.16 Å². The third-order valence-corrected chi connectivity index (χ3v) is 6.41. The molecule has 2 aromatic carbocycles. The zero-order chi connectivity index (χ0) is 18.2. The first-order valence-electron chi connectivity index (χ1n) is 7.84. The van der Waals surface area contributed by atoms with Crippen molar-refractivity contribution >= 4 is 26.1 Å². The van der Waals surface area contributed by atoms with Gasteiger partial charge < -0.3 is 10.4 Å². The fourth-order valence-electron chi connectivity index (χ4n) is 2.07. The summed E-state index contributed by atoms with van der Waals surface area (Å²) in [4.78, 5) is 0. The summed E-state index contributed by atoms with van der Waals surface area (Å²) in [5.74, 6) is 0. The molecule has 0 heterocycles. The highest BCUT2D eigenvalue weighted by atomic mass is 31.1. The third-order valence-electron chi connectivity index (χ3n) is 3.76. The van der Waals surface area contributed by atoms with Crippen LogP contribution < -0.4 is 21.0 Å². The van der Waals surface area contributed by atoms with E-state index in [2.05, 4.69) is 87.2 Å². The molecule has 0 bridgehead atoms. The lowest BCUT2D eigenvalue weighted by Gasteiger charge is -2.28. The first-order valence-corrected chi connectivity index (χ1v) is 9.37. The largest absolute Gasteiger partial charge is 1.00 e. The van der Waals surface area contributed by atoms with Gasteiger partial charge in [-0.1, -0.05) is 81.4 Å². The number of rotatable bonds is 4. The average molecular weight is 373 g/mol. The molecule has 3 N–H and O–H groups in total. The van der Waals surface area contributed by atoms with E-state index in [1.165, 1.54) is 10.6 Å².